The molecule has 0 saturated carbocycles. The number of benzene rings is 10. The van der Waals surface area contributed by atoms with Gasteiger partial charge in [-0.1, -0.05) is 176 Å². The van der Waals surface area contributed by atoms with Crippen LogP contribution < -0.4 is 4.90 Å². The van der Waals surface area contributed by atoms with Crippen molar-refractivity contribution in [2.45, 2.75) is 0 Å². The zero-order valence-electron chi connectivity index (χ0n) is 30.7. The SMILES string of the molecule is c1ccc(-c2cccc(N(c3ccc(-c4ccccc4-n4c5ccccc5c5ccc6ccccc6c54)cc3)c3cc4ccccc4c4ccccc34)c2)cc1. The lowest BCUT2D eigenvalue weighted by Crippen LogP contribution is -2.11. The van der Waals surface area contributed by atoms with Crippen molar-refractivity contribution in [1.82, 2.24) is 4.57 Å². The standard InChI is InChI=1S/C54H36N2/c1-2-15-37(16-3-1)40-19-14-20-43(35-40)55(53-36-41-18-5-6-21-44(41)47-24-8-9-25-48(47)53)42-32-29-39(30-33-42)45-22-10-12-27-51(45)56-52-28-13-11-26-49(52)50-34-31-38-17-4-7-23-46(38)54(50)56/h1-36H. The minimum atomic E-state index is 1.10. The van der Waals surface area contributed by atoms with Crippen molar-refractivity contribution < 1.29 is 0 Å². The second-order valence-corrected chi connectivity index (χ2v) is 14.5. The first-order chi connectivity index (χ1) is 27.8. The maximum absolute atomic E-state index is 2.47. The first-order valence-electron chi connectivity index (χ1n) is 19.3. The summed E-state index contributed by atoms with van der Waals surface area (Å²) in [6, 6.07) is 79.5. The van der Waals surface area contributed by atoms with Crippen molar-refractivity contribution in [3.8, 4) is 27.9 Å². The summed E-state index contributed by atoms with van der Waals surface area (Å²) >= 11 is 0. The fraction of sp³-hybridized carbons (Fsp3) is 0. The molecule has 56 heavy (non-hydrogen) atoms. The summed E-state index contributed by atoms with van der Waals surface area (Å²) in [5, 5.41) is 9.95. The third-order valence-electron chi connectivity index (χ3n) is 11.3. The predicted molar refractivity (Wildman–Crippen MR) is 239 cm³/mol. The fourth-order valence-corrected chi connectivity index (χ4v) is 8.79. The Morgan fingerprint density at radius 2 is 0.964 bits per heavy atom. The van der Waals surface area contributed by atoms with Crippen LogP contribution in [0.1, 0.15) is 0 Å². The summed E-state index contributed by atoms with van der Waals surface area (Å²) in [6.45, 7) is 0. The normalized spacial score (nSPS) is 11.6. The molecule has 0 aliphatic heterocycles. The number of fused-ring (bicyclic) bond motifs is 8. The van der Waals surface area contributed by atoms with Crippen LogP contribution in [0, 0.1) is 0 Å². The second kappa shape index (κ2) is 13.2. The van der Waals surface area contributed by atoms with Gasteiger partial charge in [-0.05, 0) is 80.7 Å². The van der Waals surface area contributed by atoms with Gasteiger partial charge < -0.3 is 9.47 Å². The Morgan fingerprint density at radius 3 is 1.80 bits per heavy atom. The van der Waals surface area contributed by atoms with Crippen LogP contribution in [-0.2, 0) is 0 Å². The Bertz CT molecular complexity index is 3250. The molecule has 0 atom stereocenters. The number of hydrogen-bond donors (Lipinski definition) is 0. The van der Waals surface area contributed by atoms with Gasteiger partial charge in [0.2, 0.25) is 0 Å². The van der Waals surface area contributed by atoms with Gasteiger partial charge in [-0.15, -0.1) is 0 Å². The fourth-order valence-electron chi connectivity index (χ4n) is 8.79. The number of para-hydroxylation sites is 2. The number of rotatable bonds is 6. The lowest BCUT2D eigenvalue weighted by Gasteiger charge is -2.28. The molecule has 0 aliphatic carbocycles. The van der Waals surface area contributed by atoms with E-state index in [1.54, 1.807) is 0 Å². The molecule has 0 amide bonds. The van der Waals surface area contributed by atoms with E-state index in [1.165, 1.54) is 70.8 Å². The number of anilines is 3. The molecular weight excluding hydrogens is 677 g/mol. The van der Waals surface area contributed by atoms with Crippen LogP contribution in [0.25, 0.3) is 82.1 Å². The predicted octanol–water partition coefficient (Wildman–Crippen LogP) is 15.0. The third-order valence-corrected chi connectivity index (χ3v) is 11.3. The zero-order chi connectivity index (χ0) is 37.0. The molecule has 2 nitrogen and oxygen atoms in total. The first kappa shape index (κ1) is 32.0. The Labute approximate surface area is 325 Å². The Morgan fingerprint density at radius 1 is 0.321 bits per heavy atom. The molecule has 0 bridgehead atoms. The zero-order valence-corrected chi connectivity index (χ0v) is 30.7. The lowest BCUT2D eigenvalue weighted by atomic mass is 9.98. The monoisotopic (exact) mass is 712 g/mol. The van der Waals surface area contributed by atoms with E-state index >= 15 is 0 Å². The van der Waals surface area contributed by atoms with Crippen LogP contribution >= 0.6 is 0 Å². The van der Waals surface area contributed by atoms with Gasteiger partial charge in [-0.25, -0.2) is 0 Å². The lowest BCUT2D eigenvalue weighted by molar-refractivity contribution is 1.19. The Kier molecular flexibility index (Phi) is 7.53. The van der Waals surface area contributed by atoms with Crippen LogP contribution in [0.2, 0.25) is 0 Å². The molecular formula is C54H36N2. The summed E-state index contributed by atoms with van der Waals surface area (Å²) in [5.41, 5.74) is 11.7. The maximum Gasteiger partial charge on any atom is 0.0619 e. The summed E-state index contributed by atoms with van der Waals surface area (Å²) in [6.07, 6.45) is 0. The van der Waals surface area contributed by atoms with Crippen LogP contribution in [0.4, 0.5) is 17.1 Å². The van der Waals surface area contributed by atoms with E-state index in [4.69, 9.17) is 0 Å². The average Bonchev–Trinajstić information content (AvgIpc) is 3.62. The molecule has 10 aromatic carbocycles. The molecule has 0 unspecified atom stereocenters. The largest absolute Gasteiger partial charge is 0.310 e. The summed E-state index contributed by atoms with van der Waals surface area (Å²) in [7, 11) is 0. The molecule has 0 spiro atoms. The van der Waals surface area contributed by atoms with E-state index in [0.29, 0.717) is 0 Å². The van der Waals surface area contributed by atoms with Gasteiger partial charge in [0.15, 0.2) is 0 Å². The molecule has 1 heterocycles. The van der Waals surface area contributed by atoms with Crippen molar-refractivity contribution in [3.05, 3.63) is 218 Å². The highest BCUT2D eigenvalue weighted by Crippen LogP contribution is 2.44. The quantitative estimate of drug-likeness (QED) is 0.156. The van der Waals surface area contributed by atoms with Gasteiger partial charge in [0.1, 0.15) is 0 Å². The van der Waals surface area contributed by atoms with E-state index in [1.807, 2.05) is 0 Å². The molecule has 2 heteroatoms. The van der Waals surface area contributed by atoms with Crippen LogP contribution in [-0.4, -0.2) is 4.57 Å². The molecule has 0 saturated heterocycles. The van der Waals surface area contributed by atoms with E-state index < -0.39 is 0 Å². The van der Waals surface area contributed by atoms with Crippen molar-refractivity contribution in [3.63, 3.8) is 0 Å². The summed E-state index contributed by atoms with van der Waals surface area (Å²) in [4.78, 5) is 2.43. The first-order valence-corrected chi connectivity index (χ1v) is 19.3. The van der Waals surface area contributed by atoms with Crippen LogP contribution in [0.5, 0.6) is 0 Å². The summed E-state index contributed by atoms with van der Waals surface area (Å²) < 4.78 is 2.47. The van der Waals surface area contributed by atoms with Crippen LogP contribution in [0.3, 0.4) is 0 Å². The van der Waals surface area contributed by atoms with Gasteiger partial charge in [0.05, 0.1) is 22.4 Å². The molecule has 11 rings (SSSR count). The van der Waals surface area contributed by atoms with Crippen molar-refractivity contribution in [2.24, 2.45) is 0 Å². The van der Waals surface area contributed by atoms with E-state index in [9.17, 15) is 0 Å². The van der Waals surface area contributed by atoms with Crippen molar-refractivity contribution >= 4 is 71.2 Å². The van der Waals surface area contributed by atoms with E-state index in [-0.39, 0.29) is 0 Å². The highest BCUT2D eigenvalue weighted by atomic mass is 15.1. The van der Waals surface area contributed by atoms with Crippen molar-refractivity contribution in [2.75, 3.05) is 4.90 Å². The second-order valence-electron chi connectivity index (χ2n) is 14.5. The molecule has 0 fully saturated rings. The number of aromatic nitrogens is 1. The number of hydrogen-bond acceptors (Lipinski definition) is 1. The van der Waals surface area contributed by atoms with E-state index in [2.05, 4.69) is 228 Å². The van der Waals surface area contributed by atoms with Gasteiger partial charge >= 0.3 is 0 Å². The van der Waals surface area contributed by atoms with Gasteiger partial charge in [0, 0.05) is 38.5 Å². The van der Waals surface area contributed by atoms with Crippen LogP contribution in [0.15, 0.2) is 218 Å². The van der Waals surface area contributed by atoms with E-state index in [0.717, 1.165) is 28.3 Å². The maximum atomic E-state index is 2.47. The highest BCUT2D eigenvalue weighted by Gasteiger charge is 2.20. The Balaban J connectivity index is 1.11. The minimum absolute atomic E-state index is 1.10. The molecule has 0 aliphatic rings. The molecule has 1 aromatic heterocycles. The molecule has 0 N–H and O–H groups in total. The minimum Gasteiger partial charge on any atom is -0.310 e. The summed E-state index contributed by atoms with van der Waals surface area (Å²) in [5.74, 6) is 0. The molecule has 0 radical (unpaired) electrons. The van der Waals surface area contributed by atoms with Gasteiger partial charge in [-0.3, -0.25) is 0 Å². The van der Waals surface area contributed by atoms with Crippen molar-refractivity contribution in [1.29, 1.82) is 0 Å². The Hall–Kier alpha value is -7.42. The van der Waals surface area contributed by atoms with Gasteiger partial charge in [-0.2, -0.15) is 0 Å². The molecule has 11 aromatic rings. The van der Waals surface area contributed by atoms with Gasteiger partial charge in [0.25, 0.3) is 0 Å². The third kappa shape index (κ3) is 5.19. The smallest absolute Gasteiger partial charge is 0.0619 e. The highest BCUT2D eigenvalue weighted by molar-refractivity contribution is 6.19. The average molecular weight is 713 g/mol. The topological polar surface area (TPSA) is 8.17 Å². The number of nitrogens with zero attached hydrogens (tertiary/aromatic N) is 2. The molecule has 262 valence electrons.